The molecule has 2 heterocycles. The SMILES string of the molecule is COc1ccccc1C(=O)NCc1ccc(C2NN(C3COCC3O)C(N)=C2C(N)=O)cc1. The molecule has 2 aromatic rings. The third-order valence-electron chi connectivity index (χ3n) is 5.83. The van der Waals surface area contributed by atoms with Crippen molar-refractivity contribution in [2.45, 2.75) is 24.7 Å². The number of nitrogens with two attached hydrogens (primary N) is 2. The zero-order chi connectivity index (χ0) is 23.5. The Morgan fingerprint density at radius 2 is 1.94 bits per heavy atom. The maximum atomic E-state index is 12.5. The number of hydrogen-bond acceptors (Lipinski definition) is 8. The van der Waals surface area contributed by atoms with E-state index < -0.39 is 24.1 Å². The Morgan fingerprint density at radius 1 is 1.21 bits per heavy atom. The summed E-state index contributed by atoms with van der Waals surface area (Å²) in [6.45, 7) is 0.786. The molecule has 0 aliphatic carbocycles. The van der Waals surface area contributed by atoms with Crippen LogP contribution in [0, 0.1) is 0 Å². The molecule has 2 aliphatic heterocycles. The number of hydrogen-bond donors (Lipinski definition) is 5. The lowest BCUT2D eigenvalue weighted by Crippen LogP contribution is -2.49. The van der Waals surface area contributed by atoms with E-state index in [-0.39, 0.29) is 30.5 Å². The van der Waals surface area contributed by atoms with Crippen LogP contribution in [0.2, 0.25) is 0 Å². The second-order valence-corrected chi connectivity index (χ2v) is 7.89. The molecule has 0 radical (unpaired) electrons. The fourth-order valence-corrected chi connectivity index (χ4v) is 4.05. The number of nitrogens with zero attached hydrogens (tertiary/aromatic N) is 1. The summed E-state index contributed by atoms with van der Waals surface area (Å²) in [4.78, 5) is 24.6. The van der Waals surface area contributed by atoms with Gasteiger partial charge in [-0.3, -0.25) is 14.6 Å². The van der Waals surface area contributed by atoms with Gasteiger partial charge in [0.15, 0.2) is 0 Å². The summed E-state index contributed by atoms with van der Waals surface area (Å²) in [6, 6.07) is 13.4. The number of carbonyl (C=O) groups excluding carboxylic acids is 2. The van der Waals surface area contributed by atoms with Crippen molar-refractivity contribution in [2.75, 3.05) is 20.3 Å². The van der Waals surface area contributed by atoms with Gasteiger partial charge in [-0.25, -0.2) is 5.43 Å². The minimum atomic E-state index is -0.738. The van der Waals surface area contributed by atoms with Gasteiger partial charge in [0.1, 0.15) is 17.7 Å². The summed E-state index contributed by atoms with van der Waals surface area (Å²) in [5.74, 6) is -0.207. The number of aliphatic hydroxyl groups is 1. The van der Waals surface area contributed by atoms with Crippen LogP contribution in [-0.4, -0.2) is 54.4 Å². The topological polar surface area (TPSA) is 152 Å². The van der Waals surface area contributed by atoms with Crippen molar-refractivity contribution in [3.8, 4) is 5.75 Å². The minimum absolute atomic E-state index is 0.176. The first-order valence-corrected chi connectivity index (χ1v) is 10.5. The van der Waals surface area contributed by atoms with E-state index in [9.17, 15) is 14.7 Å². The summed E-state index contributed by atoms with van der Waals surface area (Å²) in [7, 11) is 1.52. The Bertz CT molecular complexity index is 1070. The van der Waals surface area contributed by atoms with Crippen LogP contribution in [-0.2, 0) is 16.1 Å². The number of carbonyl (C=O) groups is 2. The maximum Gasteiger partial charge on any atom is 0.255 e. The highest BCUT2D eigenvalue weighted by Crippen LogP contribution is 2.32. The normalized spacial score (nSPS) is 22.5. The lowest BCUT2D eigenvalue weighted by Gasteiger charge is -2.29. The molecule has 3 atom stereocenters. The summed E-state index contributed by atoms with van der Waals surface area (Å²) in [6.07, 6.45) is -0.738. The van der Waals surface area contributed by atoms with E-state index in [0.29, 0.717) is 17.9 Å². The largest absolute Gasteiger partial charge is 0.496 e. The summed E-state index contributed by atoms with van der Waals surface area (Å²) < 4.78 is 10.5. The second-order valence-electron chi connectivity index (χ2n) is 7.89. The fourth-order valence-electron chi connectivity index (χ4n) is 4.05. The van der Waals surface area contributed by atoms with Gasteiger partial charge in [0, 0.05) is 6.54 Å². The van der Waals surface area contributed by atoms with E-state index in [0.717, 1.165) is 11.1 Å². The molecule has 2 aromatic carbocycles. The highest BCUT2D eigenvalue weighted by atomic mass is 16.5. The number of ether oxygens (including phenoxy) is 2. The Hall–Kier alpha value is -3.60. The average molecular weight is 453 g/mol. The van der Waals surface area contributed by atoms with E-state index in [1.54, 1.807) is 29.3 Å². The number of amides is 2. The van der Waals surface area contributed by atoms with Crippen molar-refractivity contribution in [3.63, 3.8) is 0 Å². The molecule has 10 heteroatoms. The number of methoxy groups -OCH3 is 1. The monoisotopic (exact) mass is 453 g/mol. The number of primary amides is 1. The molecule has 33 heavy (non-hydrogen) atoms. The standard InChI is InChI=1S/C23H27N5O5/c1-32-18-5-3-2-4-15(18)23(31)26-10-13-6-8-14(9-7-13)20-19(22(25)30)21(24)28(27-20)16-11-33-12-17(16)29/h2-9,16-17,20,27,29H,10-12,24H2,1H3,(H2,25,30)(H,26,31). The van der Waals surface area contributed by atoms with Crippen LogP contribution in [0.1, 0.15) is 27.5 Å². The number of para-hydroxylation sites is 1. The Balaban J connectivity index is 1.46. The number of aliphatic hydroxyl groups excluding tert-OH is 1. The molecule has 4 rings (SSSR count). The number of rotatable bonds is 7. The molecule has 7 N–H and O–H groups in total. The van der Waals surface area contributed by atoms with Crippen molar-refractivity contribution < 1.29 is 24.2 Å². The van der Waals surface area contributed by atoms with Crippen molar-refractivity contribution >= 4 is 11.8 Å². The van der Waals surface area contributed by atoms with E-state index in [1.807, 2.05) is 24.3 Å². The molecule has 1 fully saturated rings. The first-order valence-electron chi connectivity index (χ1n) is 10.5. The lowest BCUT2D eigenvalue weighted by atomic mass is 9.98. The van der Waals surface area contributed by atoms with Gasteiger partial charge in [-0.05, 0) is 23.3 Å². The third-order valence-corrected chi connectivity index (χ3v) is 5.83. The minimum Gasteiger partial charge on any atom is -0.496 e. The van der Waals surface area contributed by atoms with Crippen LogP contribution in [0.4, 0.5) is 0 Å². The first kappa shape index (κ1) is 22.6. The fraction of sp³-hybridized carbons (Fsp3) is 0.304. The second kappa shape index (κ2) is 9.49. The average Bonchev–Trinajstić information content (AvgIpc) is 3.40. The van der Waals surface area contributed by atoms with Crippen molar-refractivity contribution in [3.05, 3.63) is 76.6 Å². The molecular formula is C23H27N5O5. The van der Waals surface area contributed by atoms with E-state index >= 15 is 0 Å². The van der Waals surface area contributed by atoms with Crippen LogP contribution in [0.25, 0.3) is 0 Å². The lowest BCUT2D eigenvalue weighted by molar-refractivity contribution is -0.114. The molecule has 0 saturated carbocycles. The third kappa shape index (κ3) is 4.49. The summed E-state index contributed by atoms with van der Waals surface area (Å²) in [5, 5.41) is 14.6. The molecule has 174 valence electrons. The smallest absolute Gasteiger partial charge is 0.255 e. The van der Waals surface area contributed by atoms with E-state index in [1.165, 1.54) is 7.11 Å². The van der Waals surface area contributed by atoms with Gasteiger partial charge in [-0.1, -0.05) is 36.4 Å². The van der Waals surface area contributed by atoms with Gasteiger partial charge in [-0.15, -0.1) is 0 Å². The van der Waals surface area contributed by atoms with Gasteiger partial charge < -0.3 is 31.4 Å². The molecule has 2 amide bonds. The predicted molar refractivity (Wildman–Crippen MR) is 119 cm³/mol. The zero-order valence-corrected chi connectivity index (χ0v) is 18.2. The molecule has 0 bridgehead atoms. The van der Waals surface area contributed by atoms with Crippen LogP contribution in [0.5, 0.6) is 5.75 Å². The molecular weight excluding hydrogens is 426 g/mol. The summed E-state index contributed by atoms with van der Waals surface area (Å²) in [5.41, 5.74) is 17.3. The van der Waals surface area contributed by atoms with Gasteiger partial charge in [0.25, 0.3) is 5.91 Å². The van der Waals surface area contributed by atoms with Crippen molar-refractivity contribution in [1.29, 1.82) is 0 Å². The number of nitrogens with one attached hydrogen (secondary N) is 2. The predicted octanol–water partition coefficient (Wildman–Crippen LogP) is -0.0982. The highest BCUT2D eigenvalue weighted by molar-refractivity contribution is 5.97. The molecule has 3 unspecified atom stereocenters. The van der Waals surface area contributed by atoms with Crippen LogP contribution < -0.4 is 26.9 Å². The Labute approximate surface area is 191 Å². The van der Waals surface area contributed by atoms with Crippen molar-refractivity contribution in [1.82, 2.24) is 15.8 Å². The molecule has 0 aromatic heterocycles. The van der Waals surface area contributed by atoms with E-state index in [4.69, 9.17) is 20.9 Å². The first-order chi connectivity index (χ1) is 15.9. The molecule has 0 spiro atoms. The molecule has 1 saturated heterocycles. The Morgan fingerprint density at radius 3 is 2.58 bits per heavy atom. The van der Waals surface area contributed by atoms with Gasteiger partial charge in [0.05, 0.1) is 43.5 Å². The van der Waals surface area contributed by atoms with Crippen LogP contribution >= 0.6 is 0 Å². The highest BCUT2D eigenvalue weighted by Gasteiger charge is 2.41. The maximum absolute atomic E-state index is 12.5. The molecule has 2 aliphatic rings. The van der Waals surface area contributed by atoms with Gasteiger partial charge >= 0.3 is 0 Å². The van der Waals surface area contributed by atoms with Crippen molar-refractivity contribution in [2.24, 2.45) is 11.5 Å². The van der Waals surface area contributed by atoms with Crippen LogP contribution in [0.3, 0.4) is 0 Å². The zero-order valence-electron chi connectivity index (χ0n) is 18.2. The van der Waals surface area contributed by atoms with E-state index in [2.05, 4.69) is 10.7 Å². The number of hydrazine groups is 1. The van der Waals surface area contributed by atoms with Crippen LogP contribution in [0.15, 0.2) is 59.9 Å². The Kier molecular flexibility index (Phi) is 6.50. The quantitative estimate of drug-likeness (QED) is 0.390. The van der Waals surface area contributed by atoms with Gasteiger partial charge in [-0.2, -0.15) is 0 Å². The van der Waals surface area contributed by atoms with Gasteiger partial charge in [0.2, 0.25) is 5.91 Å². The summed E-state index contributed by atoms with van der Waals surface area (Å²) >= 11 is 0. The molecule has 10 nitrogen and oxygen atoms in total. The number of benzene rings is 2.